The zero-order valence-corrected chi connectivity index (χ0v) is 16.3. The standard InChI is InChI=1S/C19H23ClN4O3/c1-3-14-11-18(26)24(19(21-14)23-7-9-27-10-8-23)12-17(25)22-16-6-4-5-15(20)13(16)2/h4-6,11H,3,7-10,12H2,1-2H3,(H,22,25). The fourth-order valence-electron chi connectivity index (χ4n) is 2.95. The SMILES string of the molecule is CCc1cc(=O)n(CC(=O)Nc2cccc(Cl)c2C)c(N2CCOCC2)n1. The number of benzene rings is 1. The number of aryl methyl sites for hydroxylation is 1. The predicted octanol–water partition coefficient (Wildman–Crippen LogP) is 2.24. The van der Waals surface area contributed by atoms with Gasteiger partial charge in [-0.3, -0.25) is 14.2 Å². The van der Waals surface area contributed by atoms with E-state index in [9.17, 15) is 9.59 Å². The van der Waals surface area contributed by atoms with E-state index in [4.69, 9.17) is 16.3 Å². The highest BCUT2D eigenvalue weighted by Crippen LogP contribution is 2.23. The van der Waals surface area contributed by atoms with Crippen LogP contribution >= 0.6 is 11.6 Å². The van der Waals surface area contributed by atoms with Gasteiger partial charge < -0.3 is 15.0 Å². The molecule has 2 aromatic rings. The van der Waals surface area contributed by atoms with Crippen LogP contribution < -0.4 is 15.8 Å². The van der Waals surface area contributed by atoms with Gasteiger partial charge in [-0.05, 0) is 31.0 Å². The van der Waals surface area contributed by atoms with E-state index in [1.807, 2.05) is 18.7 Å². The smallest absolute Gasteiger partial charge is 0.255 e. The summed E-state index contributed by atoms with van der Waals surface area (Å²) in [4.78, 5) is 31.8. The molecule has 1 saturated heterocycles. The zero-order valence-electron chi connectivity index (χ0n) is 15.5. The molecule has 8 heteroatoms. The number of nitrogens with zero attached hydrogens (tertiary/aromatic N) is 3. The maximum Gasteiger partial charge on any atom is 0.255 e. The van der Waals surface area contributed by atoms with Crippen LogP contribution in [0.5, 0.6) is 0 Å². The Balaban J connectivity index is 1.87. The van der Waals surface area contributed by atoms with Gasteiger partial charge in [0.15, 0.2) is 0 Å². The third-order valence-electron chi connectivity index (χ3n) is 4.54. The molecule has 1 aliphatic rings. The number of carbonyl (C=O) groups excluding carboxylic acids is 1. The first-order valence-corrected chi connectivity index (χ1v) is 9.35. The molecule has 0 saturated carbocycles. The number of nitrogens with one attached hydrogen (secondary N) is 1. The number of rotatable bonds is 5. The van der Waals surface area contributed by atoms with Gasteiger partial charge in [0.25, 0.3) is 5.56 Å². The number of morpholine rings is 1. The lowest BCUT2D eigenvalue weighted by Gasteiger charge is -2.29. The van der Waals surface area contributed by atoms with E-state index in [1.54, 1.807) is 18.2 Å². The second kappa shape index (κ2) is 8.54. The maximum atomic E-state index is 12.6. The molecule has 1 N–H and O–H groups in total. The van der Waals surface area contributed by atoms with Crippen LogP contribution in [0.25, 0.3) is 0 Å². The van der Waals surface area contributed by atoms with Crippen molar-refractivity contribution < 1.29 is 9.53 Å². The van der Waals surface area contributed by atoms with Crippen LogP contribution in [0, 0.1) is 6.92 Å². The van der Waals surface area contributed by atoms with E-state index in [2.05, 4.69) is 10.3 Å². The molecule has 1 amide bonds. The summed E-state index contributed by atoms with van der Waals surface area (Å²) < 4.78 is 6.80. The Morgan fingerprint density at radius 3 is 2.78 bits per heavy atom. The lowest BCUT2D eigenvalue weighted by Crippen LogP contribution is -2.42. The molecule has 0 radical (unpaired) electrons. The quantitative estimate of drug-likeness (QED) is 0.847. The van der Waals surface area contributed by atoms with Crippen molar-refractivity contribution in [1.29, 1.82) is 0 Å². The summed E-state index contributed by atoms with van der Waals surface area (Å²) in [6.07, 6.45) is 0.654. The van der Waals surface area contributed by atoms with Gasteiger partial charge in [0.1, 0.15) is 6.54 Å². The number of aromatic nitrogens is 2. The van der Waals surface area contributed by atoms with E-state index in [0.717, 1.165) is 5.56 Å². The number of amides is 1. The van der Waals surface area contributed by atoms with Crippen LogP contribution in [-0.4, -0.2) is 41.8 Å². The van der Waals surface area contributed by atoms with Crippen molar-refractivity contribution in [3.63, 3.8) is 0 Å². The van der Waals surface area contributed by atoms with Gasteiger partial charge in [0, 0.05) is 35.6 Å². The van der Waals surface area contributed by atoms with Crippen molar-refractivity contribution in [1.82, 2.24) is 9.55 Å². The molecule has 1 aliphatic heterocycles. The minimum absolute atomic E-state index is 0.117. The molecule has 1 aromatic carbocycles. The van der Waals surface area contributed by atoms with Crippen molar-refractivity contribution in [2.45, 2.75) is 26.8 Å². The first kappa shape index (κ1) is 19.4. The van der Waals surface area contributed by atoms with Crippen LogP contribution in [0.3, 0.4) is 0 Å². The number of hydrogen-bond acceptors (Lipinski definition) is 5. The topological polar surface area (TPSA) is 76.5 Å². The molecule has 0 atom stereocenters. The average Bonchev–Trinajstić information content (AvgIpc) is 2.67. The maximum absolute atomic E-state index is 12.6. The van der Waals surface area contributed by atoms with Gasteiger partial charge >= 0.3 is 0 Å². The molecule has 0 bridgehead atoms. The first-order valence-electron chi connectivity index (χ1n) is 8.98. The van der Waals surface area contributed by atoms with Crippen molar-refractivity contribution >= 4 is 29.1 Å². The van der Waals surface area contributed by atoms with Crippen LogP contribution in [0.1, 0.15) is 18.2 Å². The molecule has 144 valence electrons. The lowest BCUT2D eigenvalue weighted by molar-refractivity contribution is -0.116. The highest BCUT2D eigenvalue weighted by Gasteiger charge is 2.20. The Hall–Kier alpha value is -2.38. The monoisotopic (exact) mass is 390 g/mol. The van der Waals surface area contributed by atoms with Gasteiger partial charge in [-0.1, -0.05) is 24.6 Å². The fourth-order valence-corrected chi connectivity index (χ4v) is 3.13. The predicted molar refractivity (Wildman–Crippen MR) is 106 cm³/mol. The molecule has 7 nitrogen and oxygen atoms in total. The van der Waals surface area contributed by atoms with Gasteiger partial charge in [-0.2, -0.15) is 0 Å². The second-order valence-corrected chi connectivity index (χ2v) is 6.79. The molecule has 1 aromatic heterocycles. The molecular formula is C19H23ClN4O3. The summed E-state index contributed by atoms with van der Waals surface area (Å²) in [6.45, 7) is 6.07. The summed E-state index contributed by atoms with van der Waals surface area (Å²) in [7, 11) is 0. The van der Waals surface area contributed by atoms with Crippen molar-refractivity contribution in [2.24, 2.45) is 0 Å². The minimum atomic E-state index is -0.303. The summed E-state index contributed by atoms with van der Waals surface area (Å²) in [6, 6.07) is 6.81. The Morgan fingerprint density at radius 2 is 2.07 bits per heavy atom. The molecule has 1 fully saturated rings. The molecule has 0 spiro atoms. The van der Waals surface area contributed by atoms with Crippen molar-refractivity contribution in [3.8, 4) is 0 Å². The highest BCUT2D eigenvalue weighted by atomic mass is 35.5. The van der Waals surface area contributed by atoms with E-state index in [-0.39, 0.29) is 18.0 Å². The third kappa shape index (κ3) is 4.48. The van der Waals surface area contributed by atoms with Gasteiger partial charge in [-0.15, -0.1) is 0 Å². The molecule has 27 heavy (non-hydrogen) atoms. The Morgan fingerprint density at radius 1 is 1.33 bits per heavy atom. The Bertz CT molecular complexity index is 891. The molecule has 0 unspecified atom stereocenters. The number of halogens is 1. The Kier molecular flexibility index (Phi) is 6.13. The molecule has 3 rings (SSSR count). The normalized spacial score (nSPS) is 14.3. The molecule has 0 aliphatic carbocycles. The van der Waals surface area contributed by atoms with E-state index in [0.29, 0.717) is 55.1 Å². The number of anilines is 2. The number of carbonyl (C=O) groups is 1. The first-order chi connectivity index (χ1) is 13.0. The second-order valence-electron chi connectivity index (χ2n) is 6.39. The largest absolute Gasteiger partial charge is 0.378 e. The van der Waals surface area contributed by atoms with Gasteiger partial charge in [0.05, 0.1) is 13.2 Å². The van der Waals surface area contributed by atoms with E-state index < -0.39 is 0 Å². The molecular weight excluding hydrogens is 368 g/mol. The number of ether oxygens (including phenoxy) is 1. The summed E-state index contributed by atoms with van der Waals surface area (Å²) in [5.41, 5.74) is 1.89. The van der Waals surface area contributed by atoms with E-state index in [1.165, 1.54) is 10.6 Å². The van der Waals surface area contributed by atoms with Crippen LogP contribution in [-0.2, 0) is 22.5 Å². The summed E-state index contributed by atoms with van der Waals surface area (Å²) in [5, 5.41) is 3.41. The van der Waals surface area contributed by atoms with Gasteiger partial charge in [0.2, 0.25) is 11.9 Å². The summed E-state index contributed by atoms with van der Waals surface area (Å²) >= 11 is 6.11. The van der Waals surface area contributed by atoms with E-state index >= 15 is 0 Å². The lowest BCUT2D eigenvalue weighted by atomic mass is 10.2. The third-order valence-corrected chi connectivity index (χ3v) is 4.95. The number of hydrogen-bond donors (Lipinski definition) is 1. The summed E-state index contributed by atoms with van der Waals surface area (Å²) in [5.74, 6) is 0.212. The van der Waals surface area contributed by atoms with Crippen molar-refractivity contribution in [2.75, 3.05) is 36.5 Å². The molecule has 2 heterocycles. The van der Waals surface area contributed by atoms with Crippen LogP contribution in [0.2, 0.25) is 5.02 Å². The zero-order chi connectivity index (χ0) is 19.4. The fraction of sp³-hybridized carbons (Fsp3) is 0.421. The highest BCUT2D eigenvalue weighted by molar-refractivity contribution is 6.31. The minimum Gasteiger partial charge on any atom is -0.378 e. The van der Waals surface area contributed by atoms with Crippen LogP contribution in [0.15, 0.2) is 29.1 Å². The van der Waals surface area contributed by atoms with Crippen LogP contribution in [0.4, 0.5) is 11.6 Å². The van der Waals surface area contributed by atoms with Gasteiger partial charge in [-0.25, -0.2) is 4.98 Å². The average molecular weight is 391 g/mol. The van der Waals surface area contributed by atoms with Crippen molar-refractivity contribution in [3.05, 3.63) is 50.9 Å². The Labute approximate surface area is 162 Å².